The van der Waals surface area contributed by atoms with E-state index >= 15 is 0 Å². The number of pyridine rings is 1. The minimum Gasteiger partial charge on any atom is -0.386 e. The molecule has 9 nitrogen and oxygen atoms in total. The molecule has 0 bridgehead atoms. The topological polar surface area (TPSA) is 140 Å². The number of rotatable bonds is 4. The number of nitrogens with two attached hydrogens (primary N) is 1. The van der Waals surface area contributed by atoms with Crippen LogP contribution in [0.15, 0.2) is 36.9 Å². The summed E-state index contributed by atoms with van der Waals surface area (Å²) in [4.78, 5) is 11.6. The number of nitrogens with zero attached hydrogens (tertiary/aromatic N) is 4. The Kier molecular flexibility index (Phi) is 4.69. The minimum atomic E-state index is -2.82. The van der Waals surface area contributed by atoms with Crippen LogP contribution in [0.5, 0.6) is 0 Å². The molecule has 0 saturated carbocycles. The third kappa shape index (κ3) is 3.12. The lowest BCUT2D eigenvalue weighted by molar-refractivity contribution is -0.115. The lowest BCUT2D eigenvalue weighted by atomic mass is 9.88. The van der Waals surface area contributed by atoms with E-state index in [-0.39, 0.29) is 11.4 Å². The van der Waals surface area contributed by atoms with Crippen molar-refractivity contribution in [3.63, 3.8) is 0 Å². The molecule has 4 rings (SSSR count). The third-order valence-corrected chi connectivity index (χ3v) is 5.20. The Hall–Kier alpha value is -2.73. The van der Waals surface area contributed by atoms with E-state index in [0.29, 0.717) is 11.0 Å². The Morgan fingerprint density at radius 2 is 2.03 bits per heavy atom. The Morgan fingerprint density at radius 3 is 2.76 bits per heavy atom. The molecule has 5 atom stereocenters. The summed E-state index contributed by atoms with van der Waals surface area (Å²) in [7, 11) is 0. The van der Waals surface area contributed by atoms with E-state index in [0.717, 1.165) is 12.3 Å². The molecule has 1 aliphatic heterocycles. The Bertz CT molecular complexity index is 1040. The summed E-state index contributed by atoms with van der Waals surface area (Å²) in [5, 5.41) is 32.8. The zero-order chi connectivity index (χ0) is 20.9. The van der Waals surface area contributed by atoms with Gasteiger partial charge in [-0.15, -0.1) is 0 Å². The first-order valence-electron chi connectivity index (χ1n) is 8.76. The van der Waals surface area contributed by atoms with Crippen LogP contribution in [0.4, 0.5) is 14.6 Å². The van der Waals surface area contributed by atoms with Gasteiger partial charge in [-0.3, -0.25) is 4.98 Å². The summed E-state index contributed by atoms with van der Waals surface area (Å²) in [6.45, 7) is 1.30. The number of aromatic nitrogens is 4. The minimum absolute atomic E-state index is 0.0809. The van der Waals surface area contributed by atoms with E-state index in [1.165, 1.54) is 23.9 Å². The summed E-state index contributed by atoms with van der Waals surface area (Å²) in [5.41, 5.74) is 3.87. The van der Waals surface area contributed by atoms with Gasteiger partial charge in [-0.2, -0.15) is 0 Å². The van der Waals surface area contributed by atoms with Crippen molar-refractivity contribution >= 4 is 16.9 Å². The maximum absolute atomic E-state index is 12.9. The summed E-state index contributed by atoms with van der Waals surface area (Å²) in [5.74, 6) is 0.237. The average molecular weight is 407 g/mol. The molecular formula is C18H19F2N5O4. The number of fused-ring (bicyclic) bond motifs is 1. The fourth-order valence-electron chi connectivity index (χ4n) is 3.57. The van der Waals surface area contributed by atoms with E-state index in [2.05, 4.69) is 15.0 Å². The molecule has 1 fully saturated rings. The fourth-order valence-corrected chi connectivity index (χ4v) is 3.57. The van der Waals surface area contributed by atoms with Crippen molar-refractivity contribution in [2.75, 3.05) is 5.73 Å². The molecule has 11 heteroatoms. The van der Waals surface area contributed by atoms with Gasteiger partial charge in [-0.05, 0) is 30.7 Å². The molecular weight excluding hydrogens is 388 g/mol. The van der Waals surface area contributed by atoms with Crippen LogP contribution in [0, 0.1) is 0 Å². The monoisotopic (exact) mass is 407 g/mol. The van der Waals surface area contributed by atoms with Gasteiger partial charge in [0, 0.05) is 12.4 Å². The maximum Gasteiger partial charge on any atom is 0.280 e. The number of nitrogen functional groups attached to an aromatic ring is 1. The number of aliphatic hydroxyl groups excluding tert-OH is 2. The SMILES string of the molecule is C[C@@]1(O)[C@@H](C(O)c2ccnc(C(F)F)c2)O[C@@H](n2ccc3c(N)ncnc32)[C@@H]1O. The molecule has 0 amide bonds. The predicted octanol–water partition coefficient (Wildman–Crippen LogP) is 1.09. The van der Waals surface area contributed by atoms with E-state index in [4.69, 9.17) is 10.5 Å². The van der Waals surface area contributed by atoms with Gasteiger partial charge in [-0.1, -0.05) is 0 Å². The van der Waals surface area contributed by atoms with Crippen LogP contribution in [0.1, 0.15) is 36.9 Å². The summed E-state index contributed by atoms with van der Waals surface area (Å²) in [6.07, 6.45) is -4.23. The molecule has 5 N–H and O–H groups in total. The highest BCUT2D eigenvalue weighted by Gasteiger charge is 2.55. The molecule has 29 heavy (non-hydrogen) atoms. The number of anilines is 1. The van der Waals surface area contributed by atoms with Crippen LogP contribution in [0.25, 0.3) is 11.0 Å². The number of halogens is 2. The zero-order valence-corrected chi connectivity index (χ0v) is 15.2. The third-order valence-electron chi connectivity index (χ3n) is 5.20. The largest absolute Gasteiger partial charge is 0.386 e. The zero-order valence-electron chi connectivity index (χ0n) is 15.2. The van der Waals surface area contributed by atoms with Crippen LogP contribution >= 0.6 is 0 Å². The number of hydrogen-bond acceptors (Lipinski definition) is 8. The average Bonchev–Trinajstić information content (AvgIpc) is 3.22. The first-order chi connectivity index (χ1) is 13.7. The van der Waals surface area contributed by atoms with Gasteiger partial charge in [0.15, 0.2) is 6.23 Å². The van der Waals surface area contributed by atoms with E-state index in [9.17, 15) is 24.1 Å². The van der Waals surface area contributed by atoms with Crippen LogP contribution in [0.2, 0.25) is 0 Å². The highest BCUT2D eigenvalue weighted by atomic mass is 19.3. The van der Waals surface area contributed by atoms with E-state index < -0.39 is 42.3 Å². The Balaban J connectivity index is 1.69. The molecule has 0 spiro atoms. The molecule has 3 aromatic rings. The molecule has 0 radical (unpaired) electrons. The lowest BCUT2D eigenvalue weighted by Gasteiger charge is -2.29. The first kappa shape index (κ1) is 19.6. The molecule has 3 aromatic heterocycles. The highest BCUT2D eigenvalue weighted by Crippen LogP contribution is 2.43. The van der Waals surface area contributed by atoms with Gasteiger partial charge < -0.3 is 30.4 Å². The normalized spacial score (nSPS) is 28.3. The van der Waals surface area contributed by atoms with Gasteiger partial charge in [0.2, 0.25) is 0 Å². The highest BCUT2D eigenvalue weighted by molar-refractivity contribution is 5.86. The standard InChI is InChI=1S/C18H19F2N5O4/c1-18(28)12(27)17(25-5-3-9-15(21)23-7-24-16(9)25)29-13(18)11(26)8-2-4-22-10(6-8)14(19)20/h2-7,11-14,17,26-28H,1H3,(H2,21,23,24)/t11?,12-,13+,17+,18-/m0/s1. The second kappa shape index (κ2) is 6.95. The van der Waals surface area contributed by atoms with Crippen molar-refractivity contribution in [2.24, 2.45) is 0 Å². The van der Waals surface area contributed by atoms with Crippen molar-refractivity contribution in [3.05, 3.63) is 48.2 Å². The molecule has 0 aliphatic carbocycles. The lowest BCUT2D eigenvalue weighted by Crippen LogP contribution is -2.47. The van der Waals surface area contributed by atoms with Crippen molar-refractivity contribution in [2.45, 2.75) is 43.5 Å². The molecule has 0 aromatic carbocycles. The number of alkyl halides is 2. The molecule has 1 aliphatic rings. The van der Waals surface area contributed by atoms with Gasteiger partial charge >= 0.3 is 0 Å². The van der Waals surface area contributed by atoms with Gasteiger partial charge in [-0.25, -0.2) is 18.7 Å². The second-order valence-electron chi connectivity index (χ2n) is 7.10. The van der Waals surface area contributed by atoms with Crippen molar-refractivity contribution in [1.29, 1.82) is 0 Å². The smallest absolute Gasteiger partial charge is 0.280 e. The predicted molar refractivity (Wildman–Crippen MR) is 96.6 cm³/mol. The molecule has 154 valence electrons. The van der Waals surface area contributed by atoms with Crippen LogP contribution in [-0.2, 0) is 4.74 Å². The van der Waals surface area contributed by atoms with E-state index in [1.807, 2.05) is 0 Å². The molecule has 4 heterocycles. The first-order valence-corrected chi connectivity index (χ1v) is 8.76. The fraction of sp³-hybridized carbons (Fsp3) is 0.389. The van der Waals surface area contributed by atoms with Crippen LogP contribution in [0.3, 0.4) is 0 Å². The Labute approximate surface area is 163 Å². The summed E-state index contributed by atoms with van der Waals surface area (Å²) < 4.78 is 33.2. The van der Waals surface area contributed by atoms with Crippen molar-refractivity contribution in [3.8, 4) is 0 Å². The number of aliphatic hydroxyl groups is 3. The van der Waals surface area contributed by atoms with E-state index in [1.54, 1.807) is 12.3 Å². The quantitative estimate of drug-likeness (QED) is 0.504. The molecule has 1 saturated heterocycles. The summed E-state index contributed by atoms with van der Waals surface area (Å²) in [6, 6.07) is 4.01. The van der Waals surface area contributed by atoms with Crippen molar-refractivity contribution < 1.29 is 28.8 Å². The number of ether oxygens (including phenoxy) is 1. The second-order valence-corrected chi connectivity index (χ2v) is 7.10. The number of hydrogen-bond donors (Lipinski definition) is 4. The van der Waals surface area contributed by atoms with Gasteiger partial charge in [0.25, 0.3) is 6.43 Å². The maximum atomic E-state index is 12.9. The molecule has 1 unspecified atom stereocenters. The van der Waals surface area contributed by atoms with Crippen molar-refractivity contribution in [1.82, 2.24) is 19.5 Å². The van der Waals surface area contributed by atoms with Gasteiger partial charge in [0.1, 0.15) is 47.4 Å². The summed E-state index contributed by atoms with van der Waals surface area (Å²) >= 11 is 0. The van der Waals surface area contributed by atoms with Gasteiger partial charge in [0.05, 0.1) is 5.39 Å². The Morgan fingerprint density at radius 1 is 1.28 bits per heavy atom. The van der Waals surface area contributed by atoms with Crippen LogP contribution in [-0.4, -0.2) is 52.6 Å². The van der Waals surface area contributed by atoms with Crippen LogP contribution < -0.4 is 5.73 Å².